The second-order valence-corrected chi connectivity index (χ2v) is 3.96. The van der Waals surface area contributed by atoms with Gasteiger partial charge in [-0.25, -0.2) is 4.79 Å². The Labute approximate surface area is 109 Å². The van der Waals surface area contributed by atoms with Crippen LogP contribution in [0.4, 0.5) is 23.7 Å². The largest absolute Gasteiger partial charge is 0.406 e. The fourth-order valence-corrected chi connectivity index (χ4v) is 1.47. The van der Waals surface area contributed by atoms with Gasteiger partial charge in [0.2, 0.25) is 0 Å². The van der Waals surface area contributed by atoms with Gasteiger partial charge < -0.3 is 16.0 Å². The second-order valence-electron chi connectivity index (χ2n) is 3.96. The average Bonchev–Trinajstić information content (AvgIpc) is 2.35. The van der Waals surface area contributed by atoms with Crippen molar-refractivity contribution in [2.75, 3.05) is 18.4 Å². The van der Waals surface area contributed by atoms with Gasteiger partial charge in [0.05, 0.1) is 0 Å². The summed E-state index contributed by atoms with van der Waals surface area (Å²) in [6.07, 6.45) is -4.41. The minimum atomic E-state index is -4.41. The number of hydrogen-bond donors (Lipinski definition) is 2. The Balaban J connectivity index is 2.65. The van der Waals surface area contributed by atoms with Gasteiger partial charge in [0, 0.05) is 18.8 Å². The summed E-state index contributed by atoms with van der Waals surface area (Å²) in [4.78, 5) is 12.4. The van der Waals surface area contributed by atoms with E-state index in [4.69, 9.17) is 5.73 Å². The van der Waals surface area contributed by atoms with E-state index < -0.39 is 18.8 Å². The molecule has 3 N–H and O–H groups in total. The second kappa shape index (κ2) is 6.42. The minimum absolute atomic E-state index is 0.0216. The van der Waals surface area contributed by atoms with Crippen LogP contribution in [0.3, 0.4) is 0 Å². The summed E-state index contributed by atoms with van der Waals surface area (Å²) in [6, 6.07) is 5.83. The number of urea groups is 1. The van der Waals surface area contributed by atoms with Crippen LogP contribution in [0.25, 0.3) is 0 Å². The zero-order valence-electron chi connectivity index (χ0n) is 10.5. The molecule has 0 unspecified atom stereocenters. The topological polar surface area (TPSA) is 58.4 Å². The molecule has 7 heteroatoms. The third-order valence-electron chi connectivity index (χ3n) is 2.48. The fourth-order valence-electron chi connectivity index (χ4n) is 1.47. The molecule has 0 aliphatic carbocycles. The smallest absolute Gasteiger partial charge is 0.326 e. The first-order valence-electron chi connectivity index (χ1n) is 5.77. The third kappa shape index (κ3) is 5.17. The number of nitrogens with zero attached hydrogens (tertiary/aromatic N) is 1. The summed E-state index contributed by atoms with van der Waals surface area (Å²) in [5, 5.41) is 2.41. The highest BCUT2D eigenvalue weighted by atomic mass is 19.4. The molecule has 0 radical (unpaired) electrons. The average molecular weight is 275 g/mol. The molecule has 1 aromatic rings. The minimum Gasteiger partial charge on any atom is -0.326 e. The van der Waals surface area contributed by atoms with Crippen molar-refractivity contribution in [1.82, 2.24) is 4.90 Å². The zero-order valence-corrected chi connectivity index (χ0v) is 10.5. The lowest BCUT2D eigenvalue weighted by Gasteiger charge is -2.22. The monoisotopic (exact) mass is 275 g/mol. The van der Waals surface area contributed by atoms with Crippen LogP contribution in [0.2, 0.25) is 0 Å². The van der Waals surface area contributed by atoms with Gasteiger partial charge in [-0.05, 0) is 24.6 Å². The van der Waals surface area contributed by atoms with E-state index in [0.717, 1.165) is 5.56 Å². The van der Waals surface area contributed by atoms with Crippen molar-refractivity contribution in [3.8, 4) is 0 Å². The van der Waals surface area contributed by atoms with E-state index in [-0.39, 0.29) is 6.54 Å². The molecule has 19 heavy (non-hydrogen) atoms. The molecular weight excluding hydrogens is 259 g/mol. The highest BCUT2D eigenvalue weighted by molar-refractivity contribution is 5.89. The van der Waals surface area contributed by atoms with Crippen LogP contribution in [-0.4, -0.2) is 30.2 Å². The van der Waals surface area contributed by atoms with Crippen LogP contribution in [0.5, 0.6) is 0 Å². The first-order chi connectivity index (χ1) is 8.85. The number of alkyl halides is 3. The molecule has 0 atom stereocenters. The maximum absolute atomic E-state index is 12.3. The van der Waals surface area contributed by atoms with Gasteiger partial charge in [0.15, 0.2) is 0 Å². The van der Waals surface area contributed by atoms with Crippen molar-refractivity contribution in [3.05, 3.63) is 29.8 Å². The Bertz CT molecular complexity index is 417. The lowest BCUT2D eigenvalue weighted by atomic mass is 10.2. The van der Waals surface area contributed by atoms with Crippen LogP contribution >= 0.6 is 0 Å². The van der Waals surface area contributed by atoms with Crippen LogP contribution in [-0.2, 0) is 6.54 Å². The Morgan fingerprint density at radius 3 is 2.32 bits per heavy atom. The molecule has 1 rings (SSSR count). The molecule has 0 fully saturated rings. The van der Waals surface area contributed by atoms with E-state index in [2.05, 4.69) is 5.32 Å². The summed E-state index contributed by atoms with van der Waals surface area (Å²) >= 11 is 0. The van der Waals surface area contributed by atoms with Crippen molar-refractivity contribution >= 4 is 11.7 Å². The van der Waals surface area contributed by atoms with E-state index in [0.29, 0.717) is 17.1 Å². The van der Waals surface area contributed by atoms with E-state index in [9.17, 15) is 18.0 Å². The number of rotatable bonds is 4. The lowest BCUT2D eigenvalue weighted by Crippen LogP contribution is -2.41. The van der Waals surface area contributed by atoms with Crippen molar-refractivity contribution in [2.45, 2.75) is 19.6 Å². The molecule has 106 valence electrons. The number of nitrogens with two attached hydrogens (primary N) is 1. The van der Waals surface area contributed by atoms with Gasteiger partial charge in [-0.2, -0.15) is 13.2 Å². The lowest BCUT2D eigenvalue weighted by molar-refractivity contribution is -0.139. The van der Waals surface area contributed by atoms with E-state index >= 15 is 0 Å². The van der Waals surface area contributed by atoms with Crippen molar-refractivity contribution in [3.63, 3.8) is 0 Å². The molecule has 0 saturated carbocycles. The molecule has 0 aliphatic heterocycles. The zero-order chi connectivity index (χ0) is 14.5. The van der Waals surface area contributed by atoms with E-state index in [1.54, 1.807) is 24.3 Å². The summed E-state index contributed by atoms with van der Waals surface area (Å²) in [5.41, 5.74) is 6.73. The number of carbonyl (C=O) groups is 1. The molecule has 0 heterocycles. The van der Waals surface area contributed by atoms with Crippen LogP contribution in [0.1, 0.15) is 12.5 Å². The molecule has 4 nitrogen and oxygen atoms in total. The standard InChI is InChI=1S/C12H16F3N3O/c1-2-18(8-12(13,14)15)11(19)17-10-5-3-9(7-16)4-6-10/h3-6H,2,7-8,16H2,1H3,(H,17,19). The van der Waals surface area contributed by atoms with Crippen LogP contribution in [0.15, 0.2) is 24.3 Å². The van der Waals surface area contributed by atoms with E-state index in [1.165, 1.54) is 6.92 Å². The van der Waals surface area contributed by atoms with Gasteiger partial charge in [-0.1, -0.05) is 12.1 Å². The number of halogens is 3. The van der Waals surface area contributed by atoms with Crippen molar-refractivity contribution in [1.29, 1.82) is 0 Å². The predicted molar refractivity (Wildman–Crippen MR) is 66.7 cm³/mol. The Kier molecular flexibility index (Phi) is 5.17. The number of anilines is 1. The first-order valence-corrected chi connectivity index (χ1v) is 5.77. The predicted octanol–water partition coefficient (Wildman–Crippen LogP) is 2.56. The first kappa shape index (κ1) is 15.3. The number of nitrogens with one attached hydrogen (secondary N) is 1. The van der Waals surface area contributed by atoms with Gasteiger partial charge >= 0.3 is 12.2 Å². The van der Waals surface area contributed by atoms with Gasteiger partial charge in [0.25, 0.3) is 0 Å². The Morgan fingerprint density at radius 2 is 1.89 bits per heavy atom. The summed E-state index contributed by atoms with van der Waals surface area (Å²) in [6.45, 7) is 0.564. The SMILES string of the molecule is CCN(CC(F)(F)F)C(=O)Nc1ccc(CN)cc1. The molecule has 1 aromatic carbocycles. The Morgan fingerprint density at radius 1 is 1.32 bits per heavy atom. The van der Waals surface area contributed by atoms with Crippen LogP contribution in [0, 0.1) is 0 Å². The highest BCUT2D eigenvalue weighted by Gasteiger charge is 2.32. The maximum atomic E-state index is 12.3. The number of hydrogen-bond acceptors (Lipinski definition) is 2. The molecular formula is C12H16F3N3O. The molecule has 0 bridgehead atoms. The summed E-state index contributed by atoms with van der Waals surface area (Å²) < 4.78 is 36.8. The third-order valence-corrected chi connectivity index (χ3v) is 2.48. The maximum Gasteiger partial charge on any atom is 0.406 e. The quantitative estimate of drug-likeness (QED) is 0.887. The number of benzene rings is 1. The highest BCUT2D eigenvalue weighted by Crippen LogP contribution is 2.17. The van der Waals surface area contributed by atoms with Gasteiger partial charge in [-0.15, -0.1) is 0 Å². The van der Waals surface area contributed by atoms with Gasteiger partial charge in [0.1, 0.15) is 6.54 Å². The van der Waals surface area contributed by atoms with Crippen LogP contribution < -0.4 is 11.1 Å². The summed E-state index contributed by atoms with van der Waals surface area (Å²) in [7, 11) is 0. The molecule has 0 saturated heterocycles. The van der Waals surface area contributed by atoms with Gasteiger partial charge in [-0.3, -0.25) is 0 Å². The Hall–Kier alpha value is -1.76. The van der Waals surface area contributed by atoms with E-state index in [1.807, 2.05) is 0 Å². The van der Waals surface area contributed by atoms with Crippen molar-refractivity contribution < 1.29 is 18.0 Å². The molecule has 0 spiro atoms. The molecule has 2 amide bonds. The van der Waals surface area contributed by atoms with Crippen molar-refractivity contribution in [2.24, 2.45) is 5.73 Å². The fraction of sp³-hybridized carbons (Fsp3) is 0.417. The summed E-state index contributed by atoms with van der Waals surface area (Å²) in [5.74, 6) is 0. The molecule has 0 aromatic heterocycles. The number of amides is 2. The molecule has 0 aliphatic rings. The normalized spacial score (nSPS) is 11.2. The number of carbonyl (C=O) groups excluding carboxylic acids is 1.